The van der Waals surface area contributed by atoms with Crippen molar-refractivity contribution in [1.29, 1.82) is 0 Å². The van der Waals surface area contributed by atoms with E-state index in [9.17, 15) is 0 Å². The molecule has 0 spiro atoms. The summed E-state index contributed by atoms with van der Waals surface area (Å²) < 4.78 is 5.91. The predicted molar refractivity (Wildman–Crippen MR) is 77.8 cm³/mol. The van der Waals surface area contributed by atoms with Gasteiger partial charge in [0.15, 0.2) is 0 Å². The van der Waals surface area contributed by atoms with Gasteiger partial charge in [0.2, 0.25) is 0 Å². The molecule has 0 saturated carbocycles. The fourth-order valence-corrected chi connectivity index (χ4v) is 3.26. The van der Waals surface area contributed by atoms with E-state index in [1.807, 2.05) is 12.1 Å². The molecule has 100 valence electrons. The number of fused-ring (bicyclic) bond motifs is 1. The maximum absolute atomic E-state index is 5.91. The van der Waals surface area contributed by atoms with Crippen molar-refractivity contribution < 1.29 is 4.74 Å². The Kier molecular flexibility index (Phi) is 3.53. The molecule has 0 amide bonds. The van der Waals surface area contributed by atoms with Gasteiger partial charge in [0.1, 0.15) is 17.4 Å². The fourth-order valence-electron chi connectivity index (χ4n) is 2.26. The third-order valence-electron chi connectivity index (χ3n) is 3.55. The zero-order valence-electron chi connectivity index (χ0n) is 11.3. The van der Waals surface area contributed by atoms with Crippen LogP contribution in [0.1, 0.15) is 26.7 Å². The van der Waals surface area contributed by atoms with E-state index in [1.54, 1.807) is 11.3 Å². The zero-order chi connectivity index (χ0) is 13.2. The van der Waals surface area contributed by atoms with Gasteiger partial charge >= 0.3 is 0 Å². The van der Waals surface area contributed by atoms with Crippen molar-refractivity contribution in [2.75, 3.05) is 6.54 Å². The van der Waals surface area contributed by atoms with Crippen LogP contribution in [0.4, 0.5) is 0 Å². The van der Waals surface area contributed by atoms with Crippen molar-refractivity contribution >= 4 is 11.3 Å². The van der Waals surface area contributed by atoms with Gasteiger partial charge in [-0.1, -0.05) is 12.1 Å². The quantitative estimate of drug-likeness (QED) is 0.934. The minimum Gasteiger partial charge on any atom is -0.486 e. The van der Waals surface area contributed by atoms with Gasteiger partial charge in [0.25, 0.3) is 0 Å². The lowest BCUT2D eigenvalue weighted by Gasteiger charge is -2.09. The summed E-state index contributed by atoms with van der Waals surface area (Å²) in [6, 6.07) is 6.17. The lowest BCUT2D eigenvalue weighted by atomic mass is 10.1. The maximum Gasteiger partial charge on any atom is 0.140 e. The van der Waals surface area contributed by atoms with Crippen LogP contribution >= 0.6 is 11.3 Å². The fraction of sp³-hybridized carbons (Fsp3) is 0.400. The van der Waals surface area contributed by atoms with E-state index < -0.39 is 0 Å². The minimum atomic E-state index is 0.571. The summed E-state index contributed by atoms with van der Waals surface area (Å²) in [6.07, 6.45) is 1.04. The largest absolute Gasteiger partial charge is 0.486 e. The highest BCUT2D eigenvalue weighted by molar-refractivity contribution is 7.11. The van der Waals surface area contributed by atoms with E-state index in [-0.39, 0.29) is 0 Å². The van der Waals surface area contributed by atoms with Crippen LogP contribution in [-0.2, 0) is 19.6 Å². The molecule has 2 aromatic rings. The second-order valence-electron chi connectivity index (χ2n) is 4.89. The Morgan fingerprint density at radius 1 is 1.37 bits per heavy atom. The number of ether oxygens (including phenoxy) is 1. The van der Waals surface area contributed by atoms with Crippen LogP contribution in [0.15, 0.2) is 18.2 Å². The van der Waals surface area contributed by atoms with Gasteiger partial charge in [-0.3, -0.25) is 0 Å². The molecule has 0 atom stereocenters. The van der Waals surface area contributed by atoms with Gasteiger partial charge in [-0.2, -0.15) is 0 Å². The van der Waals surface area contributed by atoms with Gasteiger partial charge in [0, 0.05) is 24.4 Å². The molecule has 1 aromatic heterocycles. The van der Waals surface area contributed by atoms with Gasteiger partial charge in [0.05, 0.1) is 5.69 Å². The lowest BCUT2D eigenvalue weighted by Crippen LogP contribution is -2.22. The number of nitrogens with zero attached hydrogens (tertiary/aromatic N) is 1. The van der Waals surface area contributed by atoms with Crippen LogP contribution in [0, 0.1) is 13.8 Å². The second-order valence-corrected chi connectivity index (χ2v) is 6.06. The monoisotopic (exact) mass is 274 g/mol. The summed E-state index contributed by atoms with van der Waals surface area (Å²) >= 11 is 1.77. The molecule has 1 aliphatic heterocycles. The second kappa shape index (κ2) is 5.31. The third-order valence-corrected chi connectivity index (χ3v) is 4.62. The summed E-state index contributed by atoms with van der Waals surface area (Å²) in [7, 11) is 0. The van der Waals surface area contributed by atoms with Crippen LogP contribution in [-0.4, -0.2) is 11.5 Å². The first-order valence-electron chi connectivity index (χ1n) is 6.61. The van der Waals surface area contributed by atoms with Crippen LogP contribution in [0.25, 0.3) is 0 Å². The number of hydrogen-bond acceptors (Lipinski definition) is 4. The van der Waals surface area contributed by atoms with Crippen molar-refractivity contribution in [2.45, 2.75) is 33.4 Å². The van der Waals surface area contributed by atoms with Crippen molar-refractivity contribution in [3.05, 3.63) is 44.9 Å². The number of aryl methyl sites for hydroxylation is 1. The van der Waals surface area contributed by atoms with E-state index in [0.29, 0.717) is 6.61 Å². The van der Waals surface area contributed by atoms with Crippen molar-refractivity contribution in [3.63, 3.8) is 0 Å². The highest BCUT2D eigenvalue weighted by Gasteiger charge is 2.15. The van der Waals surface area contributed by atoms with E-state index in [0.717, 1.165) is 30.3 Å². The Morgan fingerprint density at radius 3 is 3.11 bits per heavy atom. The Labute approximate surface area is 117 Å². The molecule has 0 unspecified atom stereocenters. The molecular weight excluding hydrogens is 256 g/mol. The number of nitrogens with one attached hydrogen (secondary N) is 1. The summed E-state index contributed by atoms with van der Waals surface area (Å²) in [4.78, 5) is 6.04. The van der Waals surface area contributed by atoms with Crippen molar-refractivity contribution in [1.82, 2.24) is 10.3 Å². The first kappa shape index (κ1) is 12.6. The zero-order valence-corrected chi connectivity index (χ0v) is 12.1. The van der Waals surface area contributed by atoms with Gasteiger partial charge in [-0.25, -0.2) is 4.98 Å². The van der Waals surface area contributed by atoms with E-state index in [4.69, 9.17) is 4.74 Å². The summed E-state index contributed by atoms with van der Waals surface area (Å²) in [5.74, 6) is 0.964. The summed E-state index contributed by atoms with van der Waals surface area (Å²) in [5.41, 5.74) is 3.73. The Hall–Kier alpha value is -1.39. The summed E-state index contributed by atoms with van der Waals surface area (Å²) in [6.45, 7) is 6.77. The van der Waals surface area contributed by atoms with Crippen LogP contribution < -0.4 is 10.1 Å². The lowest BCUT2D eigenvalue weighted by molar-refractivity contribution is 0.303. The highest BCUT2D eigenvalue weighted by atomic mass is 32.1. The molecule has 2 heterocycles. The third kappa shape index (κ3) is 2.65. The standard InChI is InChI=1S/C15H18N2OS/c1-10-4-3-5-13(11(10)2)18-9-15-17-12-6-7-16-8-14(12)19-15/h3-5,16H,6-9H2,1-2H3. The number of aromatic nitrogens is 1. The Bertz CT molecular complexity index is 568. The van der Waals surface area contributed by atoms with Crippen LogP contribution in [0.2, 0.25) is 0 Å². The Morgan fingerprint density at radius 2 is 2.26 bits per heavy atom. The molecule has 0 saturated heterocycles. The van der Waals surface area contributed by atoms with Crippen molar-refractivity contribution in [2.24, 2.45) is 0 Å². The average Bonchev–Trinajstić information content (AvgIpc) is 2.83. The first-order chi connectivity index (χ1) is 9.24. The molecule has 1 N–H and O–H groups in total. The normalized spacial score (nSPS) is 14.2. The minimum absolute atomic E-state index is 0.571. The summed E-state index contributed by atoms with van der Waals surface area (Å²) in [5, 5.41) is 4.45. The van der Waals surface area contributed by atoms with Gasteiger partial charge in [-0.15, -0.1) is 11.3 Å². The van der Waals surface area contributed by atoms with Crippen LogP contribution in [0.3, 0.4) is 0 Å². The molecule has 0 radical (unpaired) electrons. The molecule has 3 rings (SSSR count). The van der Waals surface area contributed by atoms with Crippen LogP contribution in [0.5, 0.6) is 5.75 Å². The molecule has 1 aliphatic rings. The van der Waals surface area contributed by atoms with Gasteiger partial charge < -0.3 is 10.1 Å². The Balaban J connectivity index is 1.72. The number of hydrogen-bond donors (Lipinski definition) is 1. The topological polar surface area (TPSA) is 34.1 Å². The number of rotatable bonds is 3. The van der Waals surface area contributed by atoms with Gasteiger partial charge in [-0.05, 0) is 31.0 Å². The molecule has 19 heavy (non-hydrogen) atoms. The maximum atomic E-state index is 5.91. The SMILES string of the molecule is Cc1cccc(OCc2nc3c(s2)CNCC3)c1C. The molecule has 4 heteroatoms. The average molecular weight is 274 g/mol. The molecule has 1 aromatic carbocycles. The molecule has 0 aliphatic carbocycles. The van der Waals surface area contributed by atoms with E-state index in [1.165, 1.54) is 21.7 Å². The van der Waals surface area contributed by atoms with E-state index in [2.05, 4.69) is 30.2 Å². The number of thiazole rings is 1. The molecular formula is C15H18N2OS. The highest BCUT2D eigenvalue weighted by Crippen LogP contribution is 2.25. The molecule has 0 fully saturated rings. The molecule has 3 nitrogen and oxygen atoms in total. The predicted octanol–water partition coefficient (Wildman–Crippen LogP) is 2.98. The van der Waals surface area contributed by atoms with E-state index >= 15 is 0 Å². The molecule has 0 bridgehead atoms. The first-order valence-corrected chi connectivity index (χ1v) is 7.43. The van der Waals surface area contributed by atoms with Crippen molar-refractivity contribution in [3.8, 4) is 5.75 Å². The number of benzene rings is 1. The smallest absolute Gasteiger partial charge is 0.140 e.